The molecular weight excluding hydrogens is 268 g/mol. The lowest BCUT2D eigenvalue weighted by molar-refractivity contribution is 0.140. The predicted molar refractivity (Wildman–Crippen MR) is 68.5 cm³/mol. The molecular formula is C10H18Cl3N3. The third-order valence-corrected chi connectivity index (χ3v) is 4.47. The zero-order valence-corrected chi connectivity index (χ0v) is 11.6. The van der Waals surface area contributed by atoms with Crippen LogP contribution in [0.3, 0.4) is 0 Å². The van der Waals surface area contributed by atoms with Gasteiger partial charge < -0.3 is 0 Å². The van der Waals surface area contributed by atoms with Gasteiger partial charge >= 0.3 is 0 Å². The lowest BCUT2D eigenvalue weighted by atomic mass is 9.95. The summed E-state index contributed by atoms with van der Waals surface area (Å²) in [6.07, 6.45) is 5.12. The van der Waals surface area contributed by atoms with E-state index >= 15 is 0 Å². The first-order valence-corrected chi connectivity index (χ1v) is 7.03. The summed E-state index contributed by atoms with van der Waals surface area (Å²) in [5.41, 5.74) is -0.395. The zero-order valence-electron chi connectivity index (χ0n) is 9.32. The summed E-state index contributed by atoms with van der Waals surface area (Å²) < 4.78 is 0. The van der Waals surface area contributed by atoms with Crippen LogP contribution in [0.25, 0.3) is 0 Å². The van der Waals surface area contributed by atoms with Crippen LogP contribution in [-0.4, -0.2) is 15.9 Å². The topological polar surface area (TPSA) is 36.1 Å². The maximum atomic E-state index is 6.61. The molecule has 4 unspecified atom stereocenters. The molecule has 4 atom stereocenters. The highest BCUT2D eigenvalue weighted by atomic mass is 35.5. The third-order valence-electron chi connectivity index (χ3n) is 3.35. The lowest BCUT2D eigenvalue weighted by Gasteiger charge is -2.47. The Balaban J connectivity index is 2.21. The number of nitrogens with one attached hydrogen (secondary N) is 3. The Morgan fingerprint density at radius 1 is 1.31 bits per heavy atom. The number of hydrogen-bond donors (Lipinski definition) is 3. The average Bonchev–Trinajstić information content (AvgIpc) is 2.21. The molecule has 2 aliphatic heterocycles. The average molecular weight is 287 g/mol. The molecule has 0 aromatic carbocycles. The van der Waals surface area contributed by atoms with Gasteiger partial charge in [-0.15, -0.1) is 0 Å². The lowest BCUT2D eigenvalue weighted by Crippen LogP contribution is -2.76. The van der Waals surface area contributed by atoms with Gasteiger partial charge in [0.1, 0.15) is 5.62 Å². The fourth-order valence-corrected chi connectivity index (χ4v) is 4.02. The van der Waals surface area contributed by atoms with Gasteiger partial charge in [-0.2, -0.15) is 0 Å². The van der Waals surface area contributed by atoms with Crippen molar-refractivity contribution in [1.82, 2.24) is 16.0 Å². The van der Waals surface area contributed by atoms with E-state index in [1.54, 1.807) is 0 Å². The second-order valence-corrected chi connectivity index (χ2v) is 6.34. The minimum Gasteiger partial charge on any atom is -0.258 e. The quantitative estimate of drug-likeness (QED) is 0.539. The van der Waals surface area contributed by atoms with Crippen molar-refractivity contribution in [2.45, 2.75) is 54.9 Å². The van der Waals surface area contributed by atoms with E-state index in [0.29, 0.717) is 5.92 Å². The van der Waals surface area contributed by atoms with Crippen LogP contribution < -0.4 is 16.0 Å². The summed E-state index contributed by atoms with van der Waals surface area (Å²) in [7, 11) is 0. The van der Waals surface area contributed by atoms with Crippen molar-refractivity contribution < 1.29 is 0 Å². The van der Waals surface area contributed by atoms with Crippen LogP contribution >= 0.6 is 34.8 Å². The van der Waals surface area contributed by atoms with E-state index < -0.39 is 15.9 Å². The number of halogens is 3. The Morgan fingerprint density at radius 2 is 2.06 bits per heavy atom. The normalized spacial score (nSPS) is 48.8. The maximum absolute atomic E-state index is 6.61. The molecule has 2 bridgehead atoms. The predicted octanol–water partition coefficient (Wildman–Crippen LogP) is 2.68. The molecule has 94 valence electrons. The summed E-state index contributed by atoms with van der Waals surface area (Å²) >= 11 is 19.1. The number of fused-ring (bicyclic) bond motifs is 2. The van der Waals surface area contributed by atoms with Crippen LogP contribution in [-0.2, 0) is 0 Å². The van der Waals surface area contributed by atoms with Crippen molar-refractivity contribution in [3.05, 3.63) is 0 Å². The summed E-state index contributed by atoms with van der Waals surface area (Å²) in [4.78, 5) is 0. The van der Waals surface area contributed by atoms with Crippen molar-refractivity contribution in [2.24, 2.45) is 5.92 Å². The molecule has 2 saturated heterocycles. The summed E-state index contributed by atoms with van der Waals surface area (Å²) in [5.74, 6) is 0.350. The van der Waals surface area contributed by atoms with Gasteiger partial charge in [0.15, 0.2) is 10.2 Å². The number of rotatable bonds is 2. The van der Waals surface area contributed by atoms with Crippen molar-refractivity contribution in [3.63, 3.8) is 0 Å². The minimum atomic E-state index is -0.689. The van der Waals surface area contributed by atoms with E-state index in [1.165, 1.54) is 0 Å². The molecule has 3 nitrogen and oxygen atoms in total. The molecule has 0 amide bonds. The molecule has 0 saturated carbocycles. The number of hydrogen-bond acceptors (Lipinski definition) is 3. The molecule has 0 aliphatic carbocycles. The Kier molecular flexibility index (Phi) is 3.95. The highest BCUT2D eigenvalue weighted by molar-refractivity contribution is 6.28. The Labute approximate surface area is 112 Å². The van der Waals surface area contributed by atoms with Crippen molar-refractivity contribution in [1.29, 1.82) is 0 Å². The molecule has 2 fully saturated rings. The SMILES string of the molecule is CCCC1CCCC2(Cl)NC(Cl)NC1(Cl)N2. The van der Waals surface area contributed by atoms with Gasteiger partial charge in [0.25, 0.3) is 0 Å². The second-order valence-electron chi connectivity index (χ2n) is 4.67. The van der Waals surface area contributed by atoms with Crippen LogP contribution in [0.4, 0.5) is 0 Å². The van der Waals surface area contributed by atoms with Crippen LogP contribution in [0.15, 0.2) is 0 Å². The fraction of sp³-hybridized carbons (Fsp3) is 1.00. The minimum absolute atomic E-state index is 0.350. The Morgan fingerprint density at radius 3 is 2.75 bits per heavy atom. The van der Waals surface area contributed by atoms with E-state index in [4.69, 9.17) is 34.8 Å². The van der Waals surface area contributed by atoms with E-state index in [0.717, 1.165) is 32.1 Å². The maximum Gasteiger partial charge on any atom is 0.153 e. The number of alkyl halides is 3. The van der Waals surface area contributed by atoms with E-state index in [1.807, 2.05) is 0 Å². The summed E-state index contributed by atoms with van der Waals surface area (Å²) in [6, 6.07) is 0. The van der Waals surface area contributed by atoms with Gasteiger partial charge in [-0.3, -0.25) is 16.0 Å². The Hall–Kier alpha value is 0.750. The van der Waals surface area contributed by atoms with Crippen LogP contribution in [0, 0.1) is 5.92 Å². The summed E-state index contributed by atoms with van der Waals surface area (Å²) in [6.45, 7) is 2.17. The first kappa shape index (κ1) is 13.2. The van der Waals surface area contributed by atoms with Gasteiger partial charge in [0.2, 0.25) is 0 Å². The van der Waals surface area contributed by atoms with Gasteiger partial charge in [0.05, 0.1) is 0 Å². The zero-order chi connectivity index (χ0) is 11.8. The van der Waals surface area contributed by atoms with Crippen molar-refractivity contribution >= 4 is 34.8 Å². The molecule has 0 aromatic heterocycles. The molecule has 2 aliphatic rings. The molecule has 0 aromatic rings. The fourth-order valence-electron chi connectivity index (χ4n) is 2.62. The monoisotopic (exact) mass is 285 g/mol. The van der Waals surface area contributed by atoms with Gasteiger partial charge in [-0.05, 0) is 25.7 Å². The molecule has 0 spiro atoms. The van der Waals surface area contributed by atoms with Crippen LogP contribution in [0.1, 0.15) is 39.0 Å². The smallest absolute Gasteiger partial charge is 0.153 e. The van der Waals surface area contributed by atoms with Crippen molar-refractivity contribution in [2.75, 3.05) is 0 Å². The van der Waals surface area contributed by atoms with E-state index in [9.17, 15) is 0 Å². The van der Waals surface area contributed by atoms with Gasteiger partial charge in [0, 0.05) is 5.92 Å². The van der Waals surface area contributed by atoms with Gasteiger partial charge in [-0.1, -0.05) is 48.1 Å². The second kappa shape index (κ2) is 4.79. The molecule has 2 heterocycles. The molecule has 3 N–H and O–H groups in total. The van der Waals surface area contributed by atoms with Crippen molar-refractivity contribution in [3.8, 4) is 0 Å². The standard InChI is InChI=1S/C10H18Cl3N3/c1-2-4-7-5-3-6-9(12)14-8(11)15-10(7,13)16-9/h7-8,14-16H,2-6H2,1H3. The van der Waals surface area contributed by atoms with Crippen LogP contribution in [0.5, 0.6) is 0 Å². The largest absolute Gasteiger partial charge is 0.258 e. The van der Waals surface area contributed by atoms with E-state index in [2.05, 4.69) is 22.9 Å². The van der Waals surface area contributed by atoms with Gasteiger partial charge in [-0.25, -0.2) is 0 Å². The Bertz CT molecular complexity index is 266. The van der Waals surface area contributed by atoms with E-state index in [-0.39, 0.29) is 0 Å². The highest BCUT2D eigenvalue weighted by Gasteiger charge is 2.50. The summed E-state index contributed by atoms with van der Waals surface area (Å²) in [5, 5.41) is 8.11. The first-order valence-electron chi connectivity index (χ1n) is 5.84. The molecule has 0 radical (unpaired) electrons. The molecule has 16 heavy (non-hydrogen) atoms. The third kappa shape index (κ3) is 2.60. The highest BCUT2D eigenvalue weighted by Crippen LogP contribution is 2.39. The molecule has 2 rings (SSSR count). The first-order chi connectivity index (χ1) is 7.47. The van der Waals surface area contributed by atoms with Crippen LogP contribution in [0.2, 0.25) is 0 Å². The molecule has 6 heteroatoms.